The lowest BCUT2D eigenvalue weighted by Gasteiger charge is -2.22. The molecule has 4 heterocycles. The van der Waals surface area contributed by atoms with E-state index in [2.05, 4.69) is 31.0 Å². The second-order valence-corrected chi connectivity index (χ2v) is 9.27. The number of imidazole rings is 1. The highest BCUT2D eigenvalue weighted by molar-refractivity contribution is 7.14. The van der Waals surface area contributed by atoms with Gasteiger partial charge in [0.25, 0.3) is 5.91 Å². The Bertz CT molecular complexity index is 1300. The standard InChI is InChI=1S/C25H25FN6OS/c26-23-13-18(10-11-27-23)14-31-12-4-7-22(31)24(33)30-25-29-20(16-34-25)9-8-19-15-32(17-28-19)21-5-2-1-3-6-21/h4,7-13,15-17,21H,1-3,5-6,14H2,(H,29,30,33)/b9-8+. The fourth-order valence-electron chi connectivity index (χ4n) is 4.27. The van der Waals surface area contributed by atoms with Gasteiger partial charge in [-0.05, 0) is 54.8 Å². The topological polar surface area (TPSA) is 77.6 Å². The smallest absolute Gasteiger partial charge is 0.274 e. The molecule has 1 saturated carbocycles. The van der Waals surface area contributed by atoms with Crippen LogP contribution < -0.4 is 5.32 Å². The molecule has 0 aliphatic heterocycles. The lowest BCUT2D eigenvalue weighted by molar-refractivity contribution is 0.101. The highest BCUT2D eigenvalue weighted by atomic mass is 32.1. The maximum Gasteiger partial charge on any atom is 0.274 e. The second kappa shape index (κ2) is 10.1. The van der Waals surface area contributed by atoms with Gasteiger partial charge in [-0.2, -0.15) is 4.39 Å². The number of halogens is 1. The van der Waals surface area contributed by atoms with Crippen molar-refractivity contribution in [3.63, 3.8) is 0 Å². The van der Waals surface area contributed by atoms with E-state index in [4.69, 9.17) is 0 Å². The third-order valence-electron chi connectivity index (χ3n) is 5.99. The zero-order chi connectivity index (χ0) is 23.3. The van der Waals surface area contributed by atoms with E-state index in [0.29, 0.717) is 23.4 Å². The number of nitrogens with zero attached hydrogens (tertiary/aromatic N) is 5. The number of carbonyl (C=O) groups is 1. The number of carbonyl (C=O) groups excluding carboxylic acids is 1. The Kier molecular flexibility index (Phi) is 6.62. The van der Waals surface area contributed by atoms with Crippen LogP contribution >= 0.6 is 11.3 Å². The summed E-state index contributed by atoms with van der Waals surface area (Å²) in [6.45, 7) is 0.370. The second-order valence-electron chi connectivity index (χ2n) is 8.41. The van der Waals surface area contributed by atoms with Crippen LogP contribution in [0.3, 0.4) is 0 Å². The molecule has 0 atom stereocenters. The van der Waals surface area contributed by atoms with Gasteiger partial charge in [0.05, 0.1) is 17.7 Å². The molecule has 1 N–H and O–H groups in total. The first-order valence-electron chi connectivity index (χ1n) is 11.4. The minimum absolute atomic E-state index is 0.268. The first-order chi connectivity index (χ1) is 16.6. The SMILES string of the molecule is O=C(Nc1nc(/C=C/c2cn(C3CCCCC3)cn2)cs1)c1cccn1Cc1ccnc(F)c1. The van der Waals surface area contributed by atoms with Crippen molar-refractivity contribution in [1.29, 1.82) is 0 Å². The Labute approximate surface area is 201 Å². The molecule has 7 nitrogen and oxygen atoms in total. The normalized spacial score (nSPS) is 14.6. The molecule has 0 unspecified atom stereocenters. The molecule has 5 rings (SSSR count). The van der Waals surface area contributed by atoms with Crippen molar-refractivity contribution >= 4 is 34.5 Å². The molecule has 4 aromatic rings. The number of pyridine rings is 1. The molecule has 0 radical (unpaired) electrons. The summed E-state index contributed by atoms with van der Waals surface area (Å²) in [5.74, 6) is -0.810. The van der Waals surface area contributed by atoms with Crippen LogP contribution in [0.4, 0.5) is 9.52 Å². The van der Waals surface area contributed by atoms with E-state index in [-0.39, 0.29) is 5.91 Å². The summed E-state index contributed by atoms with van der Waals surface area (Å²) in [5.41, 5.74) is 2.85. The van der Waals surface area contributed by atoms with E-state index in [1.165, 1.54) is 55.7 Å². The Morgan fingerprint density at radius 3 is 2.88 bits per heavy atom. The number of aromatic nitrogens is 5. The first-order valence-corrected chi connectivity index (χ1v) is 12.3. The van der Waals surface area contributed by atoms with Gasteiger partial charge in [0.15, 0.2) is 5.13 Å². The third kappa shape index (κ3) is 5.31. The molecule has 174 valence electrons. The van der Waals surface area contributed by atoms with Crippen LogP contribution in [-0.2, 0) is 6.54 Å². The maximum atomic E-state index is 13.4. The number of nitrogens with one attached hydrogen (secondary N) is 1. The van der Waals surface area contributed by atoms with Gasteiger partial charge < -0.3 is 9.13 Å². The lowest BCUT2D eigenvalue weighted by Crippen LogP contribution is -2.17. The summed E-state index contributed by atoms with van der Waals surface area (Å²) in [6.07, 6.45) is 17.4. The Hall–Kier alpha value is -3.59. The highest BCUT2D eigenvalue weighted by Gasteiger charge is 2.15. The monoisotopic (exact) mass is 476 g/mol. The summed E-state index contributed by atoms with van der Waals surface area (Å²) >= 11 is 1.36. The summed E-state index contributed by atoms with van der Waals surface area (Å²) in [7, 11) is 0. The fourth-order valence-corrected chi connectivity index (χ4v) is 4.94. The van der Waals surface area contributed by atoms with Crippen molar-refractivity contribution in [2.45, 2.75) is 44.7 Å². The minimum atomic E-state index is -0.542. The van der Waals surface area contributed by atoms with E-state index in [9.17, 15) is 9.18 Å². The van der Waals surface area contributed by atoms with Crippen molar-refractivity contribution in [2.75, 3.05) is 5.32 Å². The van der Waals surface area contributed by atoms with E-state index < -0.39 is 5.95 Å². The van der Waals surface area contributed by atoms with Gasteiger partial charge in [-0.3, -0.25) is 10.1 Å². The van der Waals surface area contributed by atoms with Crippen LogP contribution in [0.1, 0.15) is 65.6 Å². The van der Waals surface area contributed by atoms with Crippen molar-refractivity contribution in [2.24, 2.45) is 0 Å². The predicted octanol–water partition coefficient (Wildman–Crippen LogP) is 5.65. The van der Waals surface area contributed by atoms with E-state index >= 15 is 0 Å². The van der Waals surface area contributed by atoms with Crippen molar-refractivity contribution in [1.82, 2.24) is 24.1 Å². The molecule has 1 amide bonds. The van der Waals surface area contributed by atoms with Gasteiger partial charge >= 0.3 is 0 Å². The van der Waals surface area contributed by atoms with Crippen molar-refractivity contribution in [3.05, 3.63) is 83.2 Å². The molecular weight excluding hydrogens is 451 g/mol. The van der Waals surface area contributed by atoms with E-state index in [1.54, 1.807) is 29.0 Å². The average molecular weight is 477 g/mol. The van der Waals surface area contributed by atoms with Crippen LogP contribution in [0.2, 0.25) is 0 Å². The molecule has 1 fully saturated rings. The molecule has 0 aromatic carbocycles. The Balaban J connectivity index is 1.21. The zero-order valence-electron chi connectivity index (χ0n) is 18.6. The largest absolute Gasteiger partial charge is 0.339 e. The summed E-state index contributed by atoms with van der Waals surface area (Å²) in [5, 5.41) is 5.26. The average Bonchev–Trinajstić information content (AvgIpc) is 3.60. The molecule has 4 aromatic heterocycles. The molecule has 0 spiro atoms. The molecule has 0 saturated heterocycles. The van der Waals surface area contributed by atoms with Gasteiger partial charge in [0.2, 0.25) is 5.95 Å². The quantitative estimate of drug-likeness (QED) is 0.350. The molecule has 0 bridgehead atoms. The van der Waals surface area contributed by atoms with Gasteiger partial charge in [0.1, 0.15) is 5.69 Å². The van der Waals surface area contributed by atoms with Crippen LogP contribution in [-0.4, -0.2) is 30.0 Å². The molecule has 1 aliphatic rings. The maximum absolute atomic E-state index is 13.4. The van der Waals surface area contributed by atoms with E-state index in [0.717, 1.165) is 17.0 Å². The van der Waals surface area contributed by atoms with Crippen LogP contribution in [0.25, 0.3) is 12.2 Å². The number of rotatable bonds is 7. The summed E-state index contributed by atoms with van der Waals surface area (Å²) < 4.78 is 17.4. The molecule has 1 aliphatic carbocycles. The number of thiazole rings is 1. The number of anilines is 1. The number of amides is 1. The predicted molar refractivity (Wildman–Crippen MR) is 131 cm³/mol. The van der Waals surface area contributed by atoms with Gasteiger partial charge in [-0.25, -0.2) is 15.0 Å². The van der Waals surface area contributed by atoms with Crippen molar-refractivity contribution in [3.8, 4) is 0 Å². The van der Waals surface area contributed by atoms with Crippen LogP contribution in [0, 0.1) is 5.95 Å². The van der Waals surface area contributed by atoms with Gasteiger partial charge in [-0.1, -0.05) is 19.3 Å². The lowest BCUT2D eigenvalue weighted by atomic mass is 9.95. The van der Waals surface area contributed by atoms with Crippen molar-refractivity contribution < 1.29 is 9.18 Å². The van der Waals surface area contributed by atoms with Crippen LogP contribution in [0.15, 0.2) is 54.6 Å². The van der Waals surface area contributed by atoms with E-state index in [1.807, 2.05) is 23.9 Å². The Morgan fingerprint density at radius 2 is 2.03 bits per heavy atom. The van der Waals surface area contributed by atoms with Gasteiger partial charge in [-0.15, -0.1) is 11.3 Å². The zero-order valence-corrected chi connectivity index (χ0v) is 19.4. The third-order valence-corrected chi connectivity index (χ3v) is 6.77. The van der Waals surface area contributed by atoms with Crippen LogP contribution in [0.5, 0.6) is 0 Å². The highest BCUT2D eigenvalue weighted by Crippen LogP contribution is 2.28. The molecule has 9 heteroatoms. The molecular formula is C25H25FN6OS. The summed E-state index contributed by atoms with van der Waals surface area (Å²) in [6, 6.07) is 7.15. The minimum Gasteiger partial charge on any atom is -0.339 e. The molecule has 34 heavy (non-hydrogen) atoms. The summed E-state index contributed by atoms with van der Waals surface area (Å²) in [4.78, 5) is 25.4. The fraction of sp³-hybridized carbons (Fsp3) is 0.280. The first kappa shape index (κ1) is 22.2. The van der Waals surface area contributed by atoms with Gasteiger partial charge in [0, 0.05) is 36.6 Å². The number of hydrogen-bond acceptors (Lipinski definition) is 5. The number of hydrogen-bond donors (Lipinski definition) is 1. The Morgan fingerprint density at radius 1 is 1.18 bits per heavy atom.